The largest absolute Gasteiger partial charge is 0.497 e. The summed E-state index contributed by atoms with van der Waals surface area (Å²) in [6, 6.07) is 14.2. The molecule has 1 aliphatic heterocycles. The molecule has 2 heterocycles. The van der Waals surface area contributed by atoms with Gasteiger partial charge < -0.3 is 20.1 Å². The van der Waals surface area contributed by atoms with Crippen LogP contribution in [0.4, 0.5) is 11.6 Å². The lowest BCUT2D eigenvalue weighted by Gasteiger charge is -2.29. The average Bonchev–Trinajstić information content (AvgIpc) is 3.22. The zero-order valence-corrected chi connectivity index (χ0v) is 16.9. The fourth-order valence-corrected chi connectivity index (χ4v) is 3.46. The Morgan fingerprint density at radius 1 is 1.20 bits per heavy atom. The number of fused-ring (bicyclic) bond motifs is 1. The van der Waals surface area contributed by atoms with E-state index in [9.17, 15) is 4.79 Å². The number of carbonyl (C=O) groups is 1. The molecule has 9 heteroatoms. The number of aromatic nitrogens is 4. The van der Waals surface area contributed by atoms with Crippen molar-refractivity contribution in [3.8, 4) is 11.5 Å². The Hall–Kier alpha value is -3.88. The first-order valence-electron chi connectivity index (χ1n) is 9.55. The molecule has 1 unspecified atom stereocenters. The maximum absolute atomic E-state index is 13.4. The highest BCUT2D eigenvalue weighted by Crippen LogP contribution is 2.38. The third-order valence-electron chi connectivity index (χ3n) is 4.82. The van der Waals surface area contributed by atoms with E-state index in [0.717, 1.165) is 5.56 Å². The van der Waals surface area contributed by atoms with E-state index in [1.54, 1.807) is 36.1 Å². The maximum Gasteiger partial charge on any atom is 0.255 e. The van der Waals surface area contributed by atoms with Gasteiger partial charge in [0, 0.05) is 16.9 Å². The lowest BCUT2D eigenvalue weighted by molar-refractivity contribution is -0.113. The number of anilines is 2. The lowest BCUT2D eigenvalue weighted by atomic mass is 9.94. The minimum Gasteiger partial charge on any atom is -0.497 e. The van der Waals surface area contributed by atoms with Crippen LogP contribution in [0.2, 0.25) is 0 Å². The number of para-hydroxylation sites is 1. The first kappa shape index (κ1) is 19.4. The van der Waals surface area contributed by atoms with E-state index in [0.29, 0.717) is 41.0 Å². The summed E-state index contributed by atoms with van der Waals surface area (Å²) in [5.41, 5.74) is 2.62. The van der Waals surface area contributed by atoms with Crippen LogP contribution in [0.15, 0.2) is 59.8 Å². The molecular formula is C21H22N6O3. The summed E-state index contributed by atoms with van der Waals surface area (Å²) in [5.74, 6) is 1.59. The summed E-state index contributed by atoms with van der Waals surface area (Å²) >= 11 is 0. The van der Waals surface area contributed by atoms with Crippen molar-refractivity contribution in [3.63, 3.8) is 0 Å². The second kappa shape index (κ2) is 8.24. The van der Waals surface area contributed by atoms with Crippen molar-refractivity contribution in [1.82, 2.24) is 20.2 Å². The van der Waals surface area contributed by atoms with Gasteiger partial charge in [-0.3, -0.25) is 4.79 Å². The zero-order chi connectivity index (χ0) is 21.1. The standard InChI is InChI=1S/C21H22N6O3/c1-4-30-17-8-6-5-7-16(17)19-18(13(2)22-21-24-25-26-27(19)21)20(28)23-14-9-11-15(29-3)12-10-14/h5-12,19H,4H2,1-3H3,(H,23,28)(H,22,24,26). The number of benzene rings is 2. The van der Waals surface area contributed by atoms with E-state index in [-0.39, 0.29) is 5.91 Å². The van der Waals surface area contributed by atoms with Crippen LogP contribution in [-0.2, 0) is 4.79 Å². The summed E-state index contributed by atoms with van der Waals surface area (Å²) < 4.78 is 12.6. The number of rotatable bonds is 6. The zero-order valence-electron chi connectivity index (χ0n) is 16.9. The van der Waals surface area contributed by atoms with Gasteiger partial charge in [0.1, 0.15) is 17.5 Å². The first-order valence-corrected chi connectivity index (χ1v) is 9.55. The Morgan fingerprint density at radius 2 is 1.97 bits per heavy atom. The smallest absolute Gasteiger partial charge is 0.255 e. The molecule has 0 aliphatic carbocycles. The van der Waals surface area contributed by atoms with Crippen LogP contribution in [0.3, 0.4) is 0 Å². The van der Waals surface area contributed by atoms with Gasteiger partial charge in [-0.1, -0.05) is 23.3 Å². The maximum atomic E-state index is 13.4. The van der Waals surface area contributed by atoms with Crippen molar-refractivity contribution in [2.45, 2.75) is 19.9 Å². The average molecular weight is 406 g/mol. The minimum atomic E-state index is -0.544. The number of amides is 1. The van der Waals surface area contributed by atoms with Gasteiger partial charge in [-0.2, -0.15) is 4.68 Å². The molecule has 3 aromatic rings. The van der Waals surface area contributed by atoms with E-state index in [1.807, 2.05) is 38.1 Å². The number of tetrazole rings is 1. The molecule has 2 N–H and O–H groups in total. The minimum absolute atomic E-state index is 0.261. The number of ether oxygens (including phenoxy) is 2. The number of methoxy groups -OCH3 is 1. The first-order chi connectivity index (χ1) is 14.6. The topological polar surface area (TPSA) is 103 Å². The molecule has 1 atom stereocenters. The highest BCUT2D eigenvalue weighted by molar-refractivity contribution is 6.06. The van der Waals surface area contributed by atoms with Crippen molar-refractivity contribution in [2.24, 2.45) is 0 Å². The number of nitrogens with zero attached hydrogens (tertiary/aromatic N) is 4. The predicted molar refractivity (Wildman–Crippen MR) is 112 cm³/mol. The van der Waals surface area contributed by atoms with Gasteiger partial charge in [-0.05, 0) is 54.6 Å². The van der Waals surface area contributed by atoms with Crippen LogP contribution in [0, 0.1) is 0 Å². The molecule has 0 saturated carbocycles. The second-order valence-corrected chi connectivity index (χ2v) is 6.67. The molecule has 0 fully saturated rings. The highest BCUT2D eigenvalue weighted by atomic mass is 16.5. The molecule has 0 bridgehead atoms. The molecule has 1 aliphatic rings. The molecular weight excluding hydrogens is 384 g/mol. The summed E-state index contributed by atoms with van der Waals surface area (Å²) in [7, 11) is 1.60. The predicted octanol–water partition coefficient (Wildman–Crippen LogP) is 3.01. The molecule has 0 saturated heterocycles. The molecule has 1 amide bonds. The third-order valence-corrected chi connectivity index (χ3v) is 4.82. The Labute approximate surface area is 173 Å². The van der Waals surface area contributed by atoms with Crippen LogP contribution in [0.1, 0.15) is 25.5 Å². The Balaban J connectivity index is 1.75. The normalized spacial score (nSPS) is 15.2. The SMILES string of the molecule is CCOc1ccccc1C1C(C(=O)Nc2ccc(OC)cc2)=C(C)Nc2nnnn21. The molecule has 2 aromatic carbocycles. The molecule has 0 spiro atoms. The second-order valence-electron chi connectivity index (χ2n) is 6.67. The number of hydrogen-bond acceptors (Lipinski definition) is 7. The lowest BCUT2D eigenvalue weighted by Crippen LogP contribution is -2.31. The number of carbonyl (C=O) groups excluding carboxylic acids is 1. The molecule has 9 nitrogen and oxygen atoms in total. The molecule has 154 valence electrons. The van der Waals surface area contributed by atoms with Crippen molar-refractivity contribution in [2.75, 3.05) is 24.4 Å². The van der Waals surface area contributed by atoms with Gasteiger partial charge in [-0.25, -0.2) is 0 Å². The van der Waals surface area contributed by atoms with E-state index in [4.69, 9.17) is 9.47 Å². The summed E-state index contributed by atoms with van der Waals surface area (Å²) in [6.45, 7) is 4.25. The highest BCUT2D eigenvalue weighted by Gasteiger charge is 2.35. The van der Waals surface area contributed by atoms with E-state index in [2.05, 4.69) is 26.2 Å². The van der Waals surface area contributed by atoms with Gasteiger partial charge in [0.15, 0.2) is 0 Å². The fraction of sp³-hybridized carbons (Fsp3) is 0.238. The van der Waals surface area contributed by atoms with Gasteiger partial charge >= 0.3 is 0 Å². The van der Waals surface area contributed by atoms with Gasteiger partial charge in [-0.15, -0.1) is 0 Å². The summed E-state index contributed by atoms with van der Waals surface area (Å²) in [6.07, 6.45) is 0. The Morgan fingerprint density at radius 3 is 2.70 bits per heavy atom. The summed E-state index contributed by atoms with van der Waals surface area (Å²) in [5, 5.41) is 18.0. The van der Waals surface area contributed by atoms with Gasteiger partial charge in [0.2, 0.25) is 5.95 Å². The van der Waals surface area contributed by atoms with E-state index >= 15 is 0 Å². The van der Waals surface area contributed by atoms with Gasteiger partial charge in [0.05, 0.1) is 19.3 Å². The van der Waals surface area contributed by atoms with Crippen LogP contribution in [0.25, 0.3) is 0 Å². The van der Waals surface area contributed by atoms with Crippen LogP contribution < -0.4 is 20.1 Å². The van der Waals surface area contributed by atoms with Crippen LogP contribution in [0.5, 0.6) is 11.5 Å². The summed E-state index contributed by atoms with van der Waals surface area (Å²) in [4.78, 5) is 13.4. The monoisotopic (exact) mass is 406 g/mol. The molecule has 0 radical (unpaired) electrons. The van der Waals surface area contributed by atoms with Crippen molar-refractivity contribution < 1.29 is 14.3 Å². The molecule has 4 rings (SSSR count). The van der Waals surface area contributed by atoms with Crippen molar-refractivity contribution in [3.05, 3.63) is 65.4 Å². The Kier molecular flexibility index (Phi) is 5.34. The van der Waals surface area contributed by atoms with Gasteiger partial charge in [0.25, 0.3) is 5.91 Å². The third kappa shape index (κ3) is 3.57. The van der Waals surface area contributed by atoms with Crippen molar-refractivity contribution >= 4 is 17.5 Å². The number of hydrogen-bond donors (Lipinski definition) is 2. The van der Waals surface area contributed by atoms with E-state index < -0.39 is 6.04 Å². The quantitative estimate of drug-likeness (QED) is 0.649. The number of nitrogens with one attached hydrogen (secondary N) is 2. The van der Waals surface area contributed by atoms with Crippen LogP contribution >= 0.6 is 0 Å². The van der Waals surface area contributed by atoms with E-state index in [1.165, 1.54) is 0 Å². The Bertz CT molecular complexity index is 1090. The fourth-order valence-electron chi connectivity index (χ4n) is 3.46. The number of allylic oxidation sites excluding steroid dienone is 1. The van der Waals surface area contributed by atoms with Crippen LogP contribution in [-0.4, -0.2) is 39.8 Å². The molecule has 1 aromatic heterocycles. The van der Waals surface area contributed by atoms with Crippen molar-refractivity contribution in [1.29, 1.82) is 0 Å². The molecule has 30 heavy (non-hydrogen) atoms.